The van der Waals surface area contributed by atoms with Crippen molar-refractivity contribution >= 4 is 5.91 Å². The molecule has 0 aromatic heterocycles. The molecule has 0 aliphatic heterocycles. The Bertz CT molecular complexity index is 611. The minimum absolute atomic E-state index is 0.0243. The van der Waals surface area contributed by atoms with Crippen molar-refractivity contribution in [2.24, 2.45) is 0 Å². The topological polar surface area (TPSA) is 47.6 Å². The van der Waals surface area contributed by atoms with Gasteiger partial charge in [0.05, 0.1) is 19.6 Å². The van der Waals surface area contributed by atoms with Gasteiger partial charge in [0, 0.05) is 13.2 Å². The number of nitrogens with one attached hydrogen (secondary N) is 1. The molecule has 0 spiro atoms. The number of carbonyl (C=O) groups is 1. The van der Waals surface area contributed by atoms with Crippen molar-refractivity contribution < 1.29 is 14.3 Å². The van der Waals surface area contributed by atoms with Crippen LogP contribution in [-0.2, 0) is 16.0 Å². The van der Waals surface area contributed by atoms with Crippen LogP contribution in [0, 0.1) is 0 Å². The van der Waals surface area contributed by atoms with Crippen LogP contribution in [0.4, 0.5) is 0 Å². The molecule has 0 unspecified atom stereocenters. The van der Waals surface area contributed by atoms with E-state index in [1.54, 1.807) is 7.11 Å². The lowest BCUT2D eigenvalue weighted by Crippen LogP contribution is -2.26. The van der Waals surface area contributed by atoms with Crippen LogP contribution in [0.1, 0.15) is 30.6 Å². The van der Waals surface area contributed by atoms with E-state index < -0.39 is 0 Å². The molecule has 2 rings (SSSR count). The Morgan fingerprint density at radius 3 is 2.46 bits per heavy atom. The van der Waals surface area contributed by atoms with Gasteiger partial charge in [-0.1, -0.05) is 42.5 Å². The summed E-state index contributed by atoms with van der Waals surface area (Å²) in [6.45, 7) is 3.28. The van der Waals surface area contributed by atoms with Crippen LogP contribution in [0.15, 0.2) is 54.6 Å². The van der Waals surface area contributed by atoms with Crippen LogP contribution in [0.25, 0.3) is 0 Å². The van der Waals surface area contributed by atoms with Gasteiger partial charge in [-0.3, -0.25) is 4.79 Å². The number of benzene rings is 2. The summed E-state index contributed by atoms with van der Waals surface area (Å²) >= 11 is 0. The standard InChI is InChI=1S/C20H25NO3/c1-16(18-7-4-3-5-8-18)24-14-6-13-21-20(22)15-17-9-11-19(23-2)12-10-17/h3-5,7-12,16H,6,13-15H2,1-2H3,(H,21,22)/t16-/m0/s1. The molecule has 1 N–H and O–H groups in total. The minimum Gasteiger partial charge on any atom is -0.497 e. The molecule has 4 nitrogen and oxygen atoms in total. The molecule has 0 heterocycles. The zero-order valence-electron chi connectivity index (χ0n) is 14.3. The molecule has 24 heavy (non-hydrogen) atoms. The first-order chi connectivity index (χ1) is 11.7. The van der Waals surface area contributed by atoms with Gasteiger partial charge in [-0.15, -0.1) is 0 Å². The number of hydrogen-bond acceptors (Lipinski definition) is 3. The van der Waals surface area contributed by atoms with Gasteiger partial charge in [0.25, 0.3) is 0 Å². The highest BCUT2D eigenvalue weighted by Crippen LogP contribution is 2.15. The van der Waals surface area contributed by atoms with Gasteiger partial charge in [0.2, 0.25) is 5.91 Å². The third-order valence-corrected chi connectivity index (χ3v) is 3.80. The molecular formula is C20H25NO3. The molecule has 0 fully saturated rings. The molecule has 0 saturated carbocycles. The van der Waals surface area contributed by atoms with Crippen LogP contribution in [0.2, 0.25) is 0 Å². The van der Waals surface area contributed by atoms with Crippen molar-refractivity contribution in [3.63, 3.8) is 0 Å². The summed E-state index contributed by atoms with van der Waals surface area (Å²) < 4.78 is 10.9. The van der Waals surface area contributed by atoms with Crippen molar-refractivity contribution in [3.8, 4) is 5.75 Å². The SMILES string of the molecule is COc1ccc(CC(=O)NCCCO[C@@H](C)c2ccccc2)cc1. The Kier molecular flexibility index (Phi) is 7.30. The third-order valence-electron chi connectivity index (χ3n) is 3.80. The van der Waals surface area contributed by atoms with E-state index in [1.165, 1.54) is 5.56 Å². The molecule has 0 bridgehead atoms. The van der Waals surface area contributed by atoms with E-state index in [4.69, 9.17) is 9.47 Å². The summed E-state index contributed by atoms with van der Waals surface area (Å²) in [5, 5.41) is 2.92. The number of carbonyl (C=O) groups excluding carboxylic acids is 1. The Morgan fingerprint density at radius 2 is 1.79 bits per heavy atom. The molecular weight excluding hydrogens is 302 g/mol. The lowest BCUT2D eigenvalue weighted by molar-refractivity contribution is -0.120. The second kappa shape index (κ2) is 9.73. The van der Waals surface area contributed by atoms with Crippen molar-refractivity contribution in [1.82, 2.24) is 5.32 Å². The molecule has 0 aliphatic rings. The van der Waals surface area contributed by atoms with Gasteiger partial charge in [-0.05, 0) is 36.6 Å². The molecule has 128 valence electrons. The van der Waals surface area contributed by atoms with Gasteiger partial charge in [0.1, 0.15) is 5.75 Å². The predicted octanol–water partition coefficient (Wildman–Crippen LogP) is 3.52. The quantitative estimate of drug-likeness (QED) is 0.717. The number of rotatable bonds is 9. The maximum Gasteiger partial charge on any atom is 0.224 e. The summed E-state index contributed by atoms with van der Waals surface area (Å²) in [5.41, 5.74) is 2.14. The van der Waals surface area contributed by atoms with Crippen molar-refractivity contribution in [2.75, 3.05) is 20.3 Å². The minimum atomic E-state index is 0.0243. The third kappa shape index (κ3) is 6.05. The number of amides is 1. The van der Waals surface area contributed by atoms with E-state index in [0.29, 0.717) is 19.6 Å². The summed E-state index contributed by atoms with van der Waals surface area (Å²) in [4.78, 5) is 11.9. The Morgan fingerprint density at radius 1 is 1.08 bits per heavy atom. The average Bonchev–Trinajstić information content (AvgIpc) is 2.62. The van der Waals surface area contributed by atoms with Crippen LogP contribution < -0.4 is 10.1 Å². The number of hydrogen-bond donors (Lipinski definition) is 1. The fraction of sp³-hybridized carbons (Fsp3) is 0.350. The van der Waals surface area contributed by atoms with Crippen LogP contribution in [0.5, 0.6) is 5.75 Å². The summed E-state index contributed by atoms with van der Waals surface area (Å²) in [6.07, 6.45) is 1.25. The number of ether oxygens (including phenoxy) is 2. The molecule has 0 radical (unpaired) electrons. The summed E-state index contributed by atoms with van der Waals surface area (Å²) in [5.74, 6) is 0.820. The molecule has 1 atom stereocenters. The van der Waals surface area contributed by atoms with Gasteiger partial charge >= 0.3 is 0 Å². The zero-order valence-corrected chi connectivity index (χ0v) is 14.3. The Hall–Kier alpha value is -2.33. The van der Waals surface area contributed by atoms with E-state index in [1.807, 2.05) is 49.4 Å². The molecule has 2 aromatic carbocycles. The van der Waals surface area contributed by atoms with Crippen LogP contribution in [-0.4, -0.2) is 26.2 Å². The highest BCUT2D eigenvalue weighted by atomic mass is 16.5. The van der Waals surface area contributed by atoms with E-state index >= 15 is 0 Å². The number of methoxy groups -OCH3 is 1. The molecule has 0 aliphatic carbocycles. The Balaban J connectivity index is 1.60. The second-order valence-electron chi connectivity index (χ2n) is 5.65. The largest absolute Gasteiger partial charge is 0.497 e. The maximum absolute atomic E-state index is 11.9. The molecule has 2 aromatic rings. The van der Waals surface area contributed by atoms with E-state index in [2.05, 4.69) is 17.4 Å². The van der Waals surface area contributed by atoms with E-state index in [-0.39, 0.29) is 12.0 Å². The molecule has 4 heteroatoms. The molecule has 0 saturated heterocycles. The van der Waals surface area contributed by atoms with E-state index in [0.717, 1.165) is 17.7 Å². The maximum atomic E-state index is 11.9. The first kappa shape index (κ1) is 18.0. The van der Waals surface area contributed by atoms with Crippen LogP contribution >= 0.6 is 0 Å². The summed E-state index contributed by atoms with van der Waals surface area (Å²) in [6, 6.07) is 17.7. The van der Waals surface area contributed by atoms with Crippen molar-refractivity contribution in [2.45, 2.75) is 25.9 Å². The smallest absolute Gasteiger partial charge is 0.224 e. The predicted molar refractivity (Wildman–Crippen MR) is 95.1 cm³/mol. The average molecular weight is 327 g/mol. The van der Waals surface area contributed by atoms with Crippen molar-refractivity contribution in [3.05, 3.63) is 65.7 Å². The lowest BCUT2D eigenvalue weighted by Gasteiger charge is -2.13. The Labute approximate surface area is 143 Å². The van der Waals surface area contributed by atoms with E-state index in [9.17, 15) is 4.79 Å². The van der Waals surface area contributed by atoms with Gasteiger partial charge in [0.15, 0.2) is 0 Å². The lowest BCUT2D eigenvalue weighted by atomic mass is 10.1. The van der Waals surface area contributed by atoms with Crippen LogP contribution in [0.3, 0.4) is 0 Å². The fourth-order valence-electron chi connectivity index (χ4n) is 2.37. The first-order valence-corrected chi connectivity index (χ1v) is 8.25. The van der Waals surface area contributed by atoms with Gasteiger partial charge in [-0.2, -0.15) is 0 Å². The molecule has 1 amide bonds. The summed E-state index contributed by atoms with van der Waals surface area (Å²) in [7, 11) is 1.63. The fourth-order valence-corrected chi connectivity index (χ4v) is 2.37. The first-order valence-electron chi connectivity index (χ1n) is 8.25. The second-order valence-corrected chi connectivity index (χ2v) is 5.65. The highest BCUT2D eigenvalue weighted by Gasteiger charge is 2.05. The normalized spacial score (nSPS) is 11.8. The van der Waals surface area contributed by atoms with Crippen molar-refractivity contribution in [1.29, 1.82) is 0 Å². The van der Waals surface area contributed by atoms with Gasteiger partial charge in [-0.25, -0.2) is 0 Å². The van der Waals surface area contributed by atoms with Gasteiger partial charge < -0.3 is 14.8 Å². The zero-order chi connectivity index (χ0) is 17.2. The monoisotopic (exact) mass is 327 g/mol. The highest BCUT2D eigenvalue weighted by molar-refractivity contribution is 5.78.